The van der Waals surface area contributed by atoms with E-state index in [4.69, 9.17) is 0 Å². The molecule has 0 bridgehead atoms. The van der Waals surface area contributed by atoms with E-state index < -0.39 is 7.26 Å². The molecule has 0 fully saturated rings. The highest BCUT2D eigenvalue weighted by Gasteiger charge is 2.57. The van der Waals surface area contributed by atoms with Crippen LogP contribution in [-0.4, -0.2) is 16.5 Å². The van der Waals surface area contributed by atoms with Crippen molar-refractivity contribution in [3.8, 4) is 0 Å². The number of carbonyl (C=O) groups is 2. The quantitative estimate of drug-likeness (QED) is 0.445. The monoisotopic (exact) mass is 422 g/mol. The largest absolute Gasteiger partial charge is 0.384 e. The van der Waals surface area contributed by atoms with Crippen molar-refractivity contribution in [2.24, 2.45) is 0 Å². The van der Waals surface area contributed by atoms with Gasteiger partial charge in [-0.05, 0) is 48.0 Å². The Morgan fingerprint density at radius 2 is 1.03 bits per heavy atom. The first-order valence-corrected chi connectivity index (χ1v) is 12.0. The van der Waals surface area contributed by atoms with E-state index >= 15 is 0 Å². The van der Waals surface area contributed by atoms with Gasteiger partial charge in [-0.15, -0.1) is 0 Å². The molecular weight excluding hydrogens is 401 g/mol. The van der Waals surface area contributed by atoms with E-state index in [1.165, 1.54) is 4.90 Å². The Morgan fingerprint density at radius 3 is 1.48 bits per heavy atom. The number of carbonyl (C=O) groups excluding carboxylic acids is 2. The zero-order valence-electron chi connectivity index (χ0n) is 16.9. The fraction of sp³-hybridized carbons (Fsp3) is 0.0370. The van der Waals surface area contributed by atoms with Crippen molar-refractivity contribution < 1.29 is 9.59 Å². The fourth-order valence-corrected chi connectivity index (χ4v) is 8.26. The first-order chi connectivity index (χ1) is 15.2. The smallest absolute Gasteiger partial charge is 0.268 e. The van der Waals surface area contributed by atoms with E-state index in [1.54, 1.807) is 6.07 Å². The van der Waals surface area contributed by atoms with Crippen molar-refractivity contribution in [3.63, 3.8) is 0 Å². The predicted octanol–water partition coefficient (Wildman–Crippen LogP) is 4.76. The molecule has 0 unspecified atom stereocenters. The van der Waals surface area contributed by atoms with Crippen molar-refractivity contribution >= 4 is 34.7 Å². The van der Waals surface area contributed by atoms with Gasteiger partial charge in [0.15, 0.2) is 0 Å². The molecule has 0 aromatic heterocycles. The molecule has 5 rings (SSSR count). The Balaban J connectivity index is 1.77. The summed E-state index contributed by atoms with van der Waals surface area (Å²) in [5.74, 6) is -0.215. The lowest BCUT2D eigenvalue weighted by Gasteiger charge is -2.28. The maximum Gasteiger partial charge on any atom is 0.384 e. The van der Waals surface area contributed by atoms with Gasteiger partial charge in [-0.25, -0.2) is 9.69 Å². The molecule has 1 aliphatic rings. The summed E-state index contributed by atoms with van der Waals surface area (Å²) in [6, 6.07) is 37.2. The Labute approximate surface area is 182 Å². The Hall–Kier alpha value is -3.55. The molecular formula is C27H21NO2P+. The molecule has 1 aliphatic heterocycles. The first kappa shape index (κ1) is 19.4. The molecule has 0 atom stereocenters. The highest BCUT2D eigenvalue weighted by molar-refractivity contribution is 8.08. The standard InChI is InChI=1S/C27H21NO2P/c29-26-25-19-11-10-12-21(25)20-28(26)27(30)31(22-13-4-1-5-14-22,23-15-6-2-7-16-23)24-17-8-3-9-18-24/h1-19H,20H2/q+1. The van der Waals surface area contributed by atoms with Crippen LogP contribution in [0, 0.1) is 0 Å². The van der Waals surface area contributed by atoms with Crippen LogP contribution in [0.5, 0.6) is 0 Å². The van der Waals surface area contributed by atoms with Crippen molar-refractivity contribution in [2.45, 2.75) is 6.54 Å². The molecule has 0 N–H and O–H groups in total. The fourth-order valence-electron chi connectivity index (χ4n) is 4.32. The molecule has 4 heteroatoms. The number of nitrogens with zero attached hydrogens (tertiary/aromatic N) is 1. The normalized spacial score (nSPS) is 13.2. The van der Waals surface area contributed by atoms with Crippen LogP contribution in [0.2, 0.25) is 0 Å². The lowest BCUT2D eigenvalue weighted by molar-refractivity contribution is 0.0839. The zero-order valence-corrected chi connectivity index (χ0v) is 17.8. The molecule has 150 valence electrons. The molecule has 2 amide bonds. The van der Waals surface area contributed by atoms with E-state index in [0.29, 0.717) is 12.1 Å². The van der Waals surface area contributed by atoms with Crippen LogP contribution >= 0.6 is 7.26 Å². The van der Waals surface area contributed by atoms with Crippen LogP contribution in [0.4, 0.5) is 4.79 Å². The van der Waals surface area contributed by atoms with E-state index in [0.717, 1.165) is 21.5 Å². The van der Waals surface area contributed by atoms with Gasteiger partial charge < -0.3 is 0 Å². The summed E-state index contributed by atoms with van der Waals surface area (Å²) >= 11 is 0. The van der Waals surface area contributed by atoms with Gasteiger partial charge in [0.2, 0.25) is 7.26 Å². The van der Waals surface area contributed by atoms with E-state index in [-0.39, 0.29) is 11.6 Å². The van der Waals surface area contributed by atoms with Crippen molar-refractivity contribution in [3.05, 3.63) is 126 Å². The van der Waals surface area contributed by atoms with Gasteiger partial charge >= 0.3 is 5.65 Å². The number of rotatable bonds is 4. The van der Waals surface area contributed by atoms with Crippen LogP contribution in [-0.2, 0) is 6.54 Å². The summed E-state index contributed by atoms with van der Waals surface area (Å²) in [5.41, 5.74) is 1.38. The number of imide groups is 1. The molecule has 4 aromatic carbocycles. The summed E-state index contributed by atoms with van der Waals surface area (Å²) in [5, 5.41) is 2.84. The zero-order chi connectivity index (χ0) is 21.3. The number of hydrogen-bond donors (Lipinski definition) is 0. The number of hydrogen-bond acceptors (Lipinski definition) is 2. The lowest BCUT2D eigenvalue weighted by atomic mass is 10.1. The van der Waals surface area contributed by atoms with Crippen LogP contribution in [0.15, 0.2) is 115 Å². The van der Waals surface area contributed by atoms with Gasteiger partial charge in [0.05, 0.1) is 6.54 Å². The third-order valence-electron chi connectivity index (χ3n) is 5.77. The highest BCUT2D eigenvalue weighted by Crippen LogP contribution is 2.58. The topological polar surface area (TPSA) is 37.4 Å². The first-order valence-electron chi connectivity index (χ1n) is 10.2. The highest BCUT2D eigenvalue weighted by atomic mass is 31.2. The maximum absolute atomic E-state index is 14.5. The second kappa shape index (κ2) is 7.94. The third-order valence-corrected chi connectivity index (χ3v) is 9.80. The second-order valence-electron chi connectivity index (χ2n) is 7.51. The summed E-state index contributed by atoms with van der Waals surface area (Å²) < 4.78 is 0. The average Bonchev–Trinajstić information content (AvgIpc) is 3.18. The van der Waals surface area contributed by atoms with Crippen LogP contribution in [0.1, 0.15) is 15.9 Å². The van der Waals surface area contributed by atoms with Crippen molar-refractivity contribution in [1.29, 1.82) is 0 Å². The van der Waals surface area contributed by atoms with Gasteiger partial charge in [0, 0.05) is 5.56 Å². The minimum absolute atomic E-state index is 0.127. The number of amides is 2. The van der Waals surface area contributed by atoms with Crippen molar-refractivity contribution in [2.75, 3.05) is 0 Å². The van der Waals surface area contributed by atoms with Crippen LogP contribution in [0.3, 0.4) is 0 Å². The molecule has 0 spiro atoms. The molecule has 4 aromatic rings. The average molecular weight is 422 g/mol. The Kier molecular flexibility index (Phi) is 4.97. The molecule has 0 radical (unpaired) electrons. The Morgan fingerprint density at radius 1 is 0.613 bits per heavy atom. The minimum Gasteiger partial charge on any atom is -0.268 e. The van der Waals surface area contributed by atoms with Gasteiger partial charge in [-0.1, -0.05) is 72.8 Å². The van der Waals surface area contributed by atoms with Gasteiger partial charge in [-0.2, -0.15) is 0 Å². The summed E-state index contributed by atoms with van der Waals surface area (Å²) in [6.07, 6.45) is 0. The molecule has 0 saturated carbocycles. The second-order valence-corrected chi connectivity index (χ2v) is 10.8. The van der Waals surface area contributed by atoms with E-state index in [9.17, 15) is 9.59 Å². The van der Waals surface area contributed by atoms with Gasteiger partial charge in [0.1, 0.15) is 15.9 Å². The summed E-state index contributed by atoms with van der Waals surface area (Å²) in [7, 11) is -2.79. The SMILES string of the molecule is O=C1c2ccccc2CN1C(=O)[P+](c1ccccc1)(c1ccccc1)c1ccccc1. The Bertz CT molecular complexity index is 1140. The molecule has 1 heterocycles. The van der Waals surface area contributed by atoms with Gasteiger partial charge in [-0.3, -0.25) is 4.79 Å². The third kappa shape index (κ3) is 3.10. The molecule has 0 saturated heterocycles. The minimum atomic E-state index is -2.79. The maximum atomic E-state index is 14.5. The lowest BCUT2D eigenvalue weighted by Crippen LogP contribution is -2.43. The van der Waals surface area contributed by atoms with Gasteiger partial charge in [0.25, 0.3) is 5.91 Å². The number of benzene rings is 4. The van der Waals surface area contributed by atoms with Crippen molar-refractivity contribution in [1.82, 2.24) is 4.90 Å². The molecule has 0 aliphatic carbocycles. The molecule has 31 heavy (non-hydrogen) atoms. The number of fused-ring (bicyclic) bond motifs is 1. The molecule has 3 nitrogen and oxygen atoms in total. The predicted molar refractivity (Wildman–Crippen MR) is 127 cm³/mol. The van der Waals surface area contributed by atoms with E-state index in [1.807, 2.05) is 109 Å². The van der Waals surface area contributed by atoms with Crippen LogP contribution < -0.4 is 15.9 Å². The summed E-state index contributed by atoms with van der Waals surface area (Å²) in [4.78, 5) is 29.3. The van der Waals surface area contributed by atoms with Crippen LogP contribution in [0.25, 0.3) is 0 Å². The summed E-state index contributed by atoms with van der Waals surface area (Å²) in [6.45, 7) is 0.308. The van der Waals surface area contributed by atoms with E-state index in [2.05, 4.69) is 0 Å².